The first-order chi connectivity index (χ1) is 8.69. The standard InChI is InChI=1S/C14H21N3O.HI/c1-10(9-18)8-16-14(15)17-13-6-5-11-3-2-4-12(11)7-13;/h5-7,10,18H,2-4,8-9H2,1H3,(H3,15,16,17);1H. The van der Waals surface area contributed by atoms with Crippen LogP contribution in [0.15, 0.2) is 23.2 Å². The van der Waals surface area contributed by atoms with Crippen molar-refractivity contribution in [3.63, 3.8) is 0 Å². The fraction of sp³-hybridized carbons (Fsp3) is 0.500. The molecule has 0 saturated heterocycles. The Morgan fingerprint density at radius 1 is 1.42 bits per heavy atom. The minimum atomic E-state index is 0. The number of nitrogens with two attached hydrogens (primary N) is 1. The van der Waals surface area contributed by atoms with Crippen LogP contribution in [0.4, 0.5) is 5.69 Å². The molecule has 4 N–H and O–H groups in total. The smallest absolute Gasteiger partial charge is 0.193 e. The summed E-state index contributed by atoms with van der Waals surface area (Å²) in [5, 5.41) is 12.0. The van der Waals surface area contributed by atoms with Gasteiger partial charge in [0.05, 0.1) is 0 Å². The maximum Gasteiger partial charge on any atom is 0.193 e. The number of halogens is 1. The second kappa shape index (κ2) is 7.69. The van der Waals surface area contributed by atoms with Crippen molar-refractivity contribution in [2.24, 2.45) is 16.6 Å². The molecule has 0 saturated carbocycles. The van der Waals surface area contributed by atoms with E-state index in [0.717, 1.165) is 12.1 Å². The molecule has 0 heterocycles. The van der Waals surface area contributed by atoms with E-state index in [9.17, 15) is 0 Å². The number of benzene rings is 1. The molecular weight excluding hydrogens is 353 g/mol. The van der Waals surface area contributed by atoms with Gasteiger partial charge in [-0.3, -0.25) is 4.99 Å². The number of hydrogen-bond acceptors (Lipinski definition) is 2. The molecule has 0 fully saturated rings. The Balaban J connectivity index is 0.00000180. The average molecular weight is 375 g/mol. The van der Waals surface area contributed by atoms with Crippen LogP contribution in [0.5, 0.6) is 0 Å². The fourth-order valence-electron chi connectivity index (χ4n) is 2.15. The highest BCUT2D eigenvalue weighted by molar-refractivity contribution is 14.0. The molecule has 1 aliphatic carbocycles. The van der Waals surface area contributed by atoms with Gasteiger partial charge in [0.15, 0.2) is 5.96 Å². The van der Waals surface area contributed by atoms with E-state index in [1.807, 2.05) is 13.0 Å². The molecule has 1 atom stereocenters. The number of nitrogens with one attached hydrogen (secondary N) is 1. The molecule has 1 unspecified atom stereocenters. The normalized spacial score (nSPS) is 15.6. The number of guanidine groups is 1. The second-order valence-corrected chi connectivity index (χ2v) is 4.98. The molecule has 5 heteroatoms. The Morgan fingerprint density at radius 3 is 2.89 bits per heavy atom. The third-order valence-corrected chi connectivity index (χ3v) is 3.26. The van der Waals surface area contributed by atoms with Crippen molar-refractivity contribution < 1.29 is 5.11 Å². The van der Waals surface area contributed by atoms with Crippen LogP contribution < -0.4 is 11.1 Å². The van der Waals surface area contributed by atoms with Crippen molar-refractivity contribution in [3.8, 4) is 0 Å². The highest BCUT2D eigenvalue weighted by Gasteiger charge is 2.10. The largest absolute Gasteiger partial charge is 0.396 e. The molecule has 0 radical (unpaired) electrons. The summed E-state index contributed by atoms with van der Waals surface area (Å²) >= 11 is 0. The molecular formula is C14H22IN3O. The van der Waals surface area contributed by atoms with Gasteiger partial charge in [0.2, 0.25) is 0 Å². The Bertz CT molecular complexity index is 448. The van der Waals surface area contributed by atoms with Gasteiger partial charge in [-0.05, 0) is 48.4 Å². The third kappa shape index (κ3) is 4.65. The van der Waals surface area contributed by atoms with Gasteiger partial charge in [-0.2, -0.15) is 0 Å². The number of anilines is 1. The molecule has 1 aromatic carbocycles. The molecule has 19 heavy (non-hydrogen) atoms. The summed E-state index contributed by atoms with van der Waals surface area (Å²) in [4.78, 5) is 4.21. The van der Waals surface area contributed by atoms with Gasteiger partial charge in [0.1, 0.15) is 0 Å². The Labute approximate surface area is 131 Å². The van der Waals surface area contributed by atoms with Crippen LogP contribution in [-0.2, 0) is 12.8 Å². The average Bonchev–Trinajstić information content (AvgIpc) is 2.83. The van der Waals surface area contributed by atoms with Crippen LogP contribution >= 0.6 is 24.0 Å². The lowest BCUT2D eigenvalue weighted by atomic mass is 10.1. The summed E-state index contributed by atoms with van der Waals surface area (Å²) in [7, 11) is 0. The number of nitrogens with zero attached hydrogens (tertiary/aromatic N) is 1. The van der Waals surface area contributed by atoms with Crippen molar-refractivity contribution in [1.82, 2.24) is 0 Å². The van der Waals surface area contributed by atoms with Crippen molar-refractivity contribution in [3.05, 3.63) is 29.3 Å². The summed E-state index contributed by atoms with van der Waals surface area (Å²) < 4.78 is 0. The molecule has 4 nitrogen and oxygen atoms in total. The van der Waals surface area contributed by atoms with E-state index in [1.165, 1.54) is 24.0 Å². The second-order valence-electron chi connectivity index (χ2n) is 4.98. The summed E-state index contributed by atoms with van der Waals surface area (Å²) in [6.07, 6.45) is 3.59. The topological polar surface area (TPSA) is 70.6 Å². The Morgan fingerprint density at radius 2 is 2.16 bits per heavy atom. The maximum atomic E-state index is 8.91. The van der Waals surface area contributed by atoms with Crippen molar-refractivity contribution in [2.75, 3.05) is 18.5 Å². The minimum Gasteiger partial charge on any atom is -0.396 e. The number of aryl methyl sites for hydroxylation is 2. The zero-order valence-electron chi connectivity index (χ0n) is 11.2. The fourth-order valence-corrected chi connectivity index (χ4v) is 2.15. The molecule has 0 aromatic heterocycles. The van der Waals surface area contributed by atoms with Crippen LogP contribution in [-0.4, -0.2) is 24.2 Å². The monoisotopic (exact) mass is 375 g/mol. The number of aliphatic imine (C=N–C) groups is 1. The lowest BCUT2D eigenvalue weighted by molar-refractivity contribution is 0.242. The summed E-state index contributed by atoms with van der Waals surface area (Å²) in [5.74, 6) is 0.554. The van der Waals surface area contributed by atoms with Crippen LogP contribution in [0, 0.1) is 5.92 Å². The Hall–Kier alpha value is -0.820. The number of fused-ring (bicyclic) bond motifs is 1. The number of rotatable bonds is 4. The summed E-state index contributed by atoms with van der Waals surface area (Å²) in [5.41, 5.74) is 9.67. The van der Waals surface area contributed by atoms with Gasteiger partial charge in [0, 0.05) is 18.8 Å². The molecule has 106 valence electrons. The molecule has 1 aliphatic rings. The van der Waals surface area contributed by atoms with E-state index < -0.39 is 0 Å². The number of hydrogen-bond donors (Lipinski definition) is 3. The quantitative estimate of drug-likeness (QED) is 0.429. The molecule has 0 amide bonds. The summed E-state index contributed by atoms with van der Waals surface area (Å²) in [6, 6.07) is 6.36. The van der Waals surface area contributed by atoms with Gasteiger partial charge >= 0.3 is 0 Å². The van der Waals surface area contributed by atoms with E-state index in [-0.39, 0.29) is 36.5 Å². The van der Waals surface area contributed by atoms with Gasteiger partial charge in [0.25, 0.3) is 0 Å². The number of aliphatic hydroxyl groups excluding tert-OH is 1. The lowest BCUT2D eigenvalue weighted by Gasteiger charge is -2.09. The van der Waals surface area contributed by atoms with Crippen LogP contribution in [0.25, 0.3) is 0 Å². The van der Waals surface area contributed by atoms with Crippen LogP contribution in [0.1, 0.15) is 24.5 Å². The SMILES string of the molecule is CC(CO)CN=C(N)Nc1ccc2c(c1)CCC2.I. The molecule has 0 aliphatic heterocycles. The van der Waals surface area contributed by atoms with Crippen LogP contribution in [0.2, 0.25) is 0 Å². The zero-order valence-corrected chi connectivity index (χ0v) is 13.6. The first-order valence-corrected chi connectivity index (χ1v) is 6.48. The highest BCUT2D eigenvalue weighted by Crippen LogP contribution is 2.24. The van der Waals surface area contributed by atoms with Gasteiger partial charge in [-0.15, -0.1) is 24.0 Å². The number of aliphatic hydroxyl groups is 1. The van der Waals surface area contributed by atoms with Crippen molar-refractivity contribution >= 4 is 35.6 Å². The molecule has 1 aromatic rings. The lowest BCUT2D eigenvalue weighted by Crippen LogP contribution is -2.24. The maximum absolute atomic E-state index is 8.91. The van der Waals surface area contributed by atoms with Crippen molar-refractivity contribution in [2.45, 2.75) is 26.2 Å². The zero-order chi connectivity index (χ0) is 13.0. The van der Waals surface area contributed by atoms with Gasteiger partial charge < -0.3 is 16.2 Å². The highest BCUT2D eigenvalue weighted by atomic mass is 127. The van der Waals surface area contributed by atoms with E-state index in [0.29, 0.717) is 12.5 Å². The molecule has 0 spiro atoms. The molecule has 2 rings (SSSR count). The van der Waals surface area contributed by atoms with Gasteiger partial charge in [-0.1, -0.05) is 13.0 Å². The van der Waals surface area contributed by atoms with E-state index in [1.54, 1.807) is 0 Å². The first kappa shape index (κ1) is 16.2. The van der Waals surface area contributed by atoms with Gasteiger partial charge in [-0.25, -0.2) is 0 Å². The van der Waals surface area contributed by atoms with E-state index >= 15 is 0 Å². The predicted molar refractivity (Wildman–Crippen MR) is 90.2 cm³/mol. The van der Waals surface area contributed by atoms with Crippen molar-refractivity contribution in [1.29, 1.82) is 0 Å². The molecule has 0 bridgehead atoms. The minimum absolute atomic E-state index is 0. The first-order valence-electron chi connectivity index (χ1n) is 6.48. The van der Waals surface area contributed by atoms with E-state index in [4.69, 9.17) is 10.8 Å². The Kier molecular flexibility index (Phi) is 6.57. The van der Waals surface area contributed by atoms with Crippen LogP contribution in [0.3, 0.4) is 0 Å². The van der Waals surface area contributed by atoms with E-state index in [2.05, 4.69) is 22.4 Å². The third-order valence-electron chi connectivity index (χ3n) is 3.26. The predicted octanol–water partition coefficient (Wildman–Crippen LogP) is 2.15. The summed E-state index contributed by atoms with van der Waals surface area (Å²) in [6.45, 7) is 2.61.